The van der Waals surface area contributed by atoms with Crippen LogP contribution in [0.4, 0.5) is 4.79 Å². The minimum Gasteiger partial charge on any atom is -0.496 e. The van der Waals surface area contributed by atoms with E-state index in [1.54, 1.807) is 25.4 Å². The van der Waals surface area contributed by atoms with Crippen molar-refractivity contribution in [3.8, 4) is 11.8 Å². The van der Waals surface area contributed by atoms with E-state index in [1.165, 1.54) is 4.57 Å². The lowest BCUT2D eigenvalue weighted by atomic mass is 10.0. The zero-order chi connectivity index (χ0) is 30.8. The molecule has 9 nitrogen and oxygen atoms in total. The second-order valence-corrected chi connectivity index (χ2v) is 18.4. The third-order valence-corrected chi connectivity index (χ3v) is 8.72. The summed E-state index contributed by atoms with van der Waals surface area (Å²) >= 11 is 0. The van der Waals surface area contributed by atoms with Crippen molar-refractivity contribution in [3.63, 3.8) is 0 Å². The summed E-state index contributed by atoms with van der Waals surface area (Å²) in [6.07, 6.45) is 0.893. The topological polar surface area (TPSA) is 101 Å². The first-order chi connectivity index (χ1) is 19.7. The first-order valence-electron chi connectivity index (χ1n) is 14.2. The molecule has 2 heterocycles. The maximum absolute atomic E-state index is 13.0. The number of hydrogen-bond donors (Lipinski definition) is 0. The molecule has 224 valence electrons. The molecule has 2 aromatic carbocycles. The number of carbonyl (C=O) groups excluding carboxylic acids is 1. The van der Waals surface area contributed by atoms with Crippen LogP contribution >= 0.6 is 0 Å². The van der Waals surface area contributed by atoms with E-state index < -0.39 is 25.9 Å². The van der Waals surface area contributed by atoms with Crippen molar-refractivity contribution < 1.29 is 23.7 Å². The fourth-order valence-corrected chi connectivity index (χ4v) is 5.66. The normalized spacial score (nSPS) is 13.0. The van der Waals surface area contributed by atoms with Crippen molar-refractivity contribution in [2.75, 3.05) is 13.7 Å². The van der Waals surface area contributed by atoms with Crippen LogP contribution in [0.1, 0.15) is 56.3 Å². The maximum atomic E-state index is 13.0. The molecule has 0 bridgehead atoms. The Morgan fingerprint density at radius 2 is 1.90 bits per heavy atom. The molecule has 0 saturated carbocycles. The van der Waals surface area contributed by atoms with Crippen LogP contribution in [-0.4, -0.2) is 47.6 Å². The van der Waals surface area contributed by atoms with Gasteiger partial charge in [-0.25, -0.2) is 9.78 Å². The highest BCUT2D eigenvalue weighted by Gasteiger charge is 2.25. The number of imidazole rings is 1. The van der Waals surface area contributed by atoms with Gasteiger partial charge in [-0.1, -0.05) is 19.6 Å². The number of rotatable bonds is 10. The Kier molecular flexibility index (Phi) is 9.16. The lowest BCUT2D eigenvalue weighted by molar-refractivity contribution is 0.0374. The highest BCUT2D eigenvalue weighted by molar-refractivity contribution is 6.76. The Labute approximate surface area is 249 Å². The van der Waals surface area contributed by atoms with E-state index in [9.17, 15) is 10.1 Å². The number of fused-ring (bicyclic) bond motifs is 2. The summed E-state index contributed by atoms with van der Waals surface area (Å²) < 4.78 is 27.5. The van der Waals surface area contributed by atoms with E-state index in [0.29, 0.717) is 30.5 Å². The molecule has 0 spiro atoms. The van der Waals surface area contributed by atoms with Crippen LogP contribution < -0.4 is 4.74 Å². The molecule has 1 atom stereocenters. The molecule has 0 fully saturated rings. The van der Waals surface area contributed by atoms with Gasteiger partial charge in [-0.3, -0.25) is 4.57 Å². The van der Waals surface area contributed by atoms with Crippen molar-refractivity contribution in [1.82, 2.24) is 14.1 Å². The van der Waals surface area contributed by atoms with Crippen molar-refractivity contribution in [3.05, 3.63) is 59.0 Å². The number of ether oxygens (including phenoxy) is 4. The molecule has 2 aromatic heterocycles. The Morgan fingerprint density at radius 1 is 1.17 bits per heavy atom. The Balaban J connectivity index is 1.65. The van der Waals surface area contributed by atoms with Gasteiger partial charge in [0.15, 0.2) is 0 Å². The van der Waals surface area contributed by atoms with Gasteiger partial charge in [-0.05, 0) is 76.6 Å². The highest BCUT2D eigenvalue weighted by Crippen LogP contribution is 2.38. The predicted molar refractivity (Wildman–Crippen MR) is 167 cm³/mol. The minimum atomic E-state index is -1.23. The molecule has 0 amide bonds. The summed E-state index contributed by atoms with van der Waals surface area (Å²) in [6.45, 7) is 17.6. The quantitative estimate of drug-likeness (QED) is 0.139. The number of methoxy groups -OCH3 is 1. The van der Waals surface area contributed by atoms with Gasteiger partial charge in [0, 0.05) is 31.8 Å². The van der Waals surface area contributed by atoms with E-state index in [-0.39, 0.29) is 6.61 Å². The number of nitrogens with zero attached hydrogens (tertiary/aromatic N) is 4. The van der Waals surface area contributed by atoms with Gasteiger partial charge >= 0.3 is 6.09 Å². The van der Waals surface area contributed by atoms with E-state index in [4.69, 9.17) is 23.9 Å². The lowest BCUT2D eigenvalue weighted by Gasteiger charge is -2.22. The van der Waals surface area contributed by atoms with Gasteiger partial charge in [-0.15, -0.1) is 0 Å². The van der Waals surface area contributed by atoms with Gasteiger partial charge in [0.1, 0.15) is 30.5 Å². The molecule has 10 heteroatoms. The molecule has 0 aliphatic carbocycles. The second kappa shape index (κ2) is 12.3. The zero-order valence-corrected chi connectivity index (χ0v) is 27.2. The molecule has 1 unspecified atom stereocenters. The van der Waals surface area contributed by atoms with Crippen molar-refractivity contribution in [2.24, 2.45) is 0 Å². The van der Waals surface area contributed by atoms with E-state index in [2.05, 4.69) is 25.7 Å². The number of aryl methyl sites for hydroxylation is 1. The van der Waals surface area contributed by atoms with Crippen LogP contribution in [0.3, 0.4) is 0 Å². The summed E-state index contributed by atoms with van der Waals surface area (Å²) in [6, 6.07) is 12.5. The number of carbonyl (C=O) groups is 1. The molecule has 0 saturated heterocycles. The van der Waals surface area contributed by atoms with Gasteiger partial charge in [0.25, 0.3) is 0 Å². The number of nitriles is 1. The largest absolute Gasteiger partial charge is 0.496 e. The fourth-order valence-electron chi connectivity index (χ4n) is 4.90. The standard InChI is InChI=1S/C32H42N4O5Si/c1-21-16-27(38-6)29(24-12-13-35(30(21)24)31(37)41-32(3,4)5)22(2)40-19-28-34-25-17-23(18-33)10-11-26(25)36(28)20-39-14-15-42(7,8)9/h10-13,16-17,22H,14-15,19-20H2,1-9H3. The third-order valence-electron chi connectivity index (χ3n) is 7.02. The van der Waals surface area contributed by atoms with Gasteiger partial charge in [-0.2, -0.15) is 5.26 Å². The molecule has 42 heavy (non-hydrogen) atoms. The summed E-state index contributed by atoms with van der Waals surface area (Å²) in [5.41, 5.74) is 4.01. The molecule has 0 N–H and O–H groups in total. The van der Waals surface area contributed by atoms with E-state index in [0.717, 1.165) is 39.1 Å². The van der Waals surface area contributed by atoms with Crippen LogP contribution in [0.15, 0.2) is 36.5 Å². The number of benzene rings is 2. The summed E-state index contributed by atoms with van der Waals surface area (Å²) in [5, 5.41) is 10.3. The van der Waals surface area contributed by atoms with Gasteiger partial charge in [0.05, 0.1) is 41.4 Å². The highest BCUT2D eigenvalue weighted by atomic mass is 28.3. The van der Waals surface area contributed by atoms with Gasteiger partial charge in [0.2, 0.25) is 0 Å². The van der Waals surface area contributed by atoms with Crippen LogP contribution in [0.25, 0.3) is 21.9 Å². The molecular formula is C32H42N4O5Si. The van der Waals surface area contributed by atoms with E-state index in [1.807, 2.05) is 57.4 Å². The molecule has 0 aliphatic rings. The predicted octanol–water partition coefficient (Wildman–Crippen LogP) is 7.55. The van der Waals surface area contributed by atoms with Crippen molar-refractivity contribution in [1.29, 1.82) is 5.26 Å². The molecule has 4 aromatic rings. The minimum absolute atomic E-state index is 0.209. The number of hydrogen-bond acceptors (Lipinski definition) is 7. The molecule has 4 rings (SSSR count). The smallest absolute Gasteiger partial charge is 0.419 e. The van der Waals surface area contributed by atoms with Crippen LogP contribution in [0.5, 0.6) is 5.75 Å². The monoisotopic (exact) mass is 590 g/mol. The van der Waals surface area contributed by atoms with Crippen molar-refractivity contribution >= 4 is 36.1 Å². The SMILES string of the molecule is COc1cc(C)c2c(ccn2C(=O)OC(C)(C)C)c1C(C)OCc1nc2cc(C#N)ccc2n1COCC[Si](C)(C)C. The summed E-state index contributed by atoms with van der Waals surface area (Å²) in [5.74, 6) is 1.38. The first kappa shape index (κ1) is 31.3. The number of aromatic nitrogens is 3. The molecule has 0 radical (unpaired) electrons. The first-order valence-corrected chi connectivity index (χ1v) is 17.9. The average Bonchev–Trinajstić information content (AvgIpc) is 3.50. The lowest BCUT2D eigenvalue weighted by Crippen LogP contribution is -2.26. The molecular weight excluding hydrogens is 548 g/mol. The van der Waals surface area contributed by atoms with Crippen molar-refractivity contribution in [2.45, 2.75) is 85.3 Å². The summed E-state index contributed by atoms with van der Waals surface area (Å²) in [4.78, 5) is 17.8. The van der Waals surface area contributed by atoms with Gasteiger partial charge < -0.3 is 23.5 Å². The third kappa shape index (κ3) is 7.03. The van der Waals surface area contributed by atoms with Crippen LogP contribution in [0, 0.1) is 18.3 Å². The van der Waals surface area contributed by atoms with Crippen LogP contribution in [-0.2, 0) is 27.5 Å². The fraction of sp³-hybridized carbons (Fsp3) is 0.469. The van der Waals surface area contributed by atoms with Crippen LogP contribution in [0.2, 0.25) is 25.7 Å². The Hall–Kier alpha value is -3.65. The Bertz CT molecular complexity index is 1640. The van der Waals surface area contributed by atoms with E-state index >= 15 is 0 Å². The Morgan fingerprint density at radius 3 is 2.55 bits per heavy atom. The molecule has 0 aliphatic heterocycles. The maximum Gasteiger partial charge on any atom is 0.419 e. The zero-order valence-electron chi connectivity index (χ0n) is 26.2. The second-order valence-electron chi connectivity index (χ2n) is 12.8. The summed E-state index contributed by atoms with van der Waals surface area (Å²) in [7, 11) is 0.398. The average molecular weight is 591 g/mol.